The van der Waals surface area contributed by atoms with Crippen LogP contribution in [0.15, 0.2) is 41.8 Å². The van der Waals surface area contributed by atoms with E-state index in [0.717, 1.165) is 0 Å². The maximum absolute atomic E-state index is 13.3. The van der Waals surface area contributed by atoms with Gasteiger partial charge in [-0.05, 0) is 23.4 Å². The Hall–Kier alpha value is -3.38. The minimum absolute atomic E-state index is 0.000561. The number of oxime groups is 1. The minimum atomic E-state index is -4.81. The van der Waals surface area contributed by atoms with Crippen molar-refractivity contribution in [2.45, 2.75) is 6.18 Å². The number of rotatable bonds is 4. The van der Waals surface area contributed by atoms with Gasteiger partial charge >= 0.3 is 6.18 Å². The first-order valence-corrected chi connectivity index (χ1v) is 9.58. The number of hydrogen-bond acceptors (Lipinski definition) is 7. The predicted octanol–water partition coefficient (Wildman–Crippen LogP) is 3.95. The van der Waals surface area contributed by atoms with E-state index < -0.39 is 23.5 Å². The number of hydrogen-bond donors (Lipinski definition) is 1. The second kappa shape index (κ2) is 8.63. The van der Waals surface area contributed by atoms with Crippen LogP contribution >= 0.6 is 23.2 Å². The fourth-order valence-corrected chi connectivity index (χ4v) is 3.26. The first-order valence-electron chi connectivity index (χ1n) is 8.82. The third-order valence-corrected chi connectivity index (χ3v) is 4.58. The van der Waals surface area contributed by atoms with Crippen molar-refractivity contribution in [1.29, 1.82) is 0 Å². The molecule has 1 amide bonds. The number of amides is 1. The molecule has 1 aliphatic heterocycles. The molecule has 0 atom stereocenters. The summed E-state index contributed by atoms with van der Waals surface area (Å²) in [4.78, 5) is 25.7. The quantitative estimate of drug-likeness (QED) is 0.598. The molecule has 3 aromatic rings. The largest absolute Gasteiger partial charge is 0.471 e. The van der Waals surface area contributed by atoms with Crippen LogP contribution < -0.4 is 5.32 Å². The Balaban J connectivity index is 1.77. The average Bonchev–Trinajstić information content (AvgIpc) is 3.23. The van der Waals surface area contributed by atoms with Crippen LogP contribution in [0.1, 0.15) is 21.7 Å². The van der Waals surface area contributed by atoms with Gasteiger partial charge in [0.15, 0.2) is 12.3 Å². The van der Waals surface area contributed by atoms with Crippen LogP contribution in [0.4, 0.5) is 18.9 Å². The molecule has 0 aliphatic carbocycles. The molecule has 4 rings (SSSR count). The molecule has 0 bridgehead atoms. The van der Waals surface area contributed by atoms with Crippen LogP contribution in [0, 0.1) is 0 Å². The molecule has 0 unspecified atom stereocenters. The van der Waals surface area contributed by atoms with Crippen LogP contribution in [0.3, 0.4) is 0 Å². The third-order valence-electron chi connectivity index (χ3n) is 4.06. The number of anilines is 1. The highest BCUT2D eigenvalue weighted by Crippen LogP contribution is 2.33. The lowest BCUT2D eigenvalue weighted by molar-refractivity contribution is -0.141. The Morgan fingerprint density at radius 1 is 1.12 bits per heavy atom. The zero-order valence-electron chi connectivity index (χ0n) is 15.7. The zero-order chi connectivity index (χ0) is 22.9. The molecule has 0 fully saturated rings. The minimum Gasteiger partial charge on any atom is -0.471 e. The Morgan fingerprint density at radius 2 is 1.88 bits per heavy atom. The van der Waals surface area contributed by atoms with E-state index in [2.05, 4.69) is 25.5 Å². The standard InChI is InChI=1S/C18H11Cl2F3N6O3/c19-9-6-10(16-28-32-5-4-31-16)14(11(20)7-9)26-15(30)12-8-13(18(21,22)23)27-29(12)17-24-2-1-3-25-17/h1-3,6-8H,4-5H2,(H,26,30). The lowest BCUT2D eigenvalue weighted by Gasteiger charge is -2.18. The zero-order valence-corrected chi connectivity index (χ0v) is 17.2. The van der Waals surface area contributed by atoms with Crippen molar-refractivity contribution in [2.24, 2.45) is 5.16 Å². The summed E-state index contributed by atoms with van der Waals surface area (Å²) in [5.74, 6) is -1.21. The molecule has 0 saturated carbocycles. The van der Waals surface area contributed by atoms with E-state index in [0.29, 0.717) is 10.7 Å². The number of carbonyl (C=O) groups excluding carboxylic acids is 1. The van der Waals surface area contributed by atoms with E-state index in [1.807, 2.05) is 0 Å². The summed E-state index contributed by atoms with van der Waals surface area (Å²) in [7, 11) is 0. The van der Waals surface area contributed by atoms with Gasteiger partial charge in [0, 0.05) is 23.5 Å². The van der Waals surface area contributed by atoms with Crippen LogP contribution in [0.2, 0.25) is 10.0 Å². The van der Waals surface area contributed by atoms with Gasteiger partial charge in [-0.15, -0.1) is 0 Å². The van der Waals surface area contributed by atoms with Gasteiger partial charge in [0.25, 0.3) is 17.8 Å². The number of benzene rings is 1. The summed E-state index contributed by atoms with van der Waals surface area (Å²) < 4.78 is 45.9. The molecule has 2 aromatic heterocycles. The normalized spacial score (nSPS) is 13.7. The predicted molar refractivity (Wildman–Crippen MR) is 107 cm³/mol. The summed E-state index contributed by atoms with van der Waals surface area (Å²) in [5, 5.41) is 9.88. The van der Waals surface area contributed by atoms with Gasteiger partial charge in [-0.1, -0.05) is 23.2 Å². The van der Waals surface area contributed by atoms with Crippen LogP contribution in [-0.2, 0) is 15.8 Å². The van der Waals surface area contributed by atoms with Gasteiger partial charge in [0.2, 0.25) is 0 Å². The first kappa shape index (κ1) is 21.8. The van der Waals surface area contributed by atoms with Crippen LogP contribution in [0.5, 0.6) is 0 Å². The molecule has 32 heavy (non-hydrogen) atoms. The Labute approximate surface area is 187 Å². The van der Waals surface area contributed by atoms with Gasteiger partial charge in [-0.25, -0.2) is 9.97 Å². The molecular formula is C18H11Cl2F3N6O3. The monoisotopic (exact) mass is 486 g/mol. The topological polar surface area (TPSA) is 104 Å². The number of halogens is 5. The number of ether oxygens (including phenoxy) is 1. The van der Waals surface area contributed by atoms with Gasteiger partial charge < -0.3 is 14.9 Å². The summed E-state index contributed by atoms with van der Waals surface area (Å²) in [6, 6.07) is 4.79. The molecule has 1 aliphatic rings. The fourth-order valence-electron chi connectivity index (χ4n) is 2.71. The first-order chi connectivity index (χ1) is 15.2. The van der Waals surface area contributed by atoms with Gasteiger partial charge in [-0.3, -0.25) is 4.79 Å². The highest BCUT2D eigenvalue weighted by atomic mass is 35.5. The van der Waals surface area contributed by atoms with Gasteiger partial charge in [-0.2, -0.15) is 23.0 Å². The lowest BCUT2D eigenvalue weighted by atomic mass is 10.1. The SMILES string of the molecule is O=C(Nc1c(Cl)cc(Cl)cc1C1=NOCCO1)c1cc(C(F)(F)F)nn1-c1ncccn1. The Kier molecular flexibility index (Phi) is 5.89. The smallest absolute Gasteiger partial charge is 0.435 e. The molecule has 3 heterocycles. The van der Waals surface area contributed by atoms with Crippen LogP contribution in [0.25, 0.3) is 5.95 Å². The van der Waals surface area contributed by atoms with Gasteiger partial charge in [0.05, 0.1) is 16.3 Å². The fraction of sp³-hybridized carbons (Fsp3) is 0.167. The Bertz CT molecular complexity index is 1200. The molecular weight excluding hydrogens is 476 g/mol. The third kappa shape index (κ3) is 4.46. The molecule has 1 N–H and O–H groups in total. The maximum Gasteiger partial charge on any atom is 0.435 e. The highest BCUT2D eigenvalue weighted by Gasteiger charge is 2.36. The van der Waals surface area contributed by atoms with Crippen molar-refractivity contribution < 1.29 is 27.5 Å². The molecule has 0 radical (unpaired) electrons. The summed E-state index contributed by atoms with van der Waals surface area (Å²) in [6.45, 7) is 0.402. The number of carbonyl (C=O) groups is 1. The summed E-state index contributed by atoms with van der Waals surface area (Å²) in [5.41, 5.74) is -1.61. The van der Waals surface area contributed by atoms with E-state index in [1.54, 1.807) is 0 Å². The van der Waals surface area contributed by atoms with E-state index in [4.69, 9.17) is 32.8 Å². The number of aromatic nitrogens is 4. The molecule has 166 valence electrons. The number of nitrogens with one attached hydrogen (secondary N) is 1. The second-order valence-electron chi connectivity index (χ2n) is 6.22. The summed E-state index contributed by atoms with van der Waals surface area (Å²) in [6.07, 6.45) is -2.21. The number of nitrogens with zero attached hydrogens (tertiary/aromatic N) is 5. The van der Waals surface area contributed by atoms with Crippen molar-refractivity contribution in [2.75, 3.05) is 18.5 Å². The van der Waals surface area contributed by atoms with Crippen molar-refractivity contribution >= 4 is 40.7 Å². The highest BCUT2D eigenvalue weighted by molar-refractivity contribution is 6.38. The van der Waals surface area contributed by atoms with E-state index in [-0.39, 0.29) is 46.4 Å². The molecule has 1 aromatic carbocycles. The van der Waals surface area contributed by atoms with Gasteiger partial charge in [0.1, 0.15) is 12.3 Å². The average molecular weight is 487 g/mol. The molecule has 14 heteroatoms. The Morgan fingerprint density at radius 3 is 2.53 bits per heavy atom. The molecule has 0 spiro atoms. The van der Waals surface area contributed by atoms with E-state index >= 15 is 0 Å². The number of alkyl halides is 3. The maximum atomic E-state index is 13.3. The van der Waals surface area contributed by atoms with Crippen molar-refractivity contribution in [3.8, 4) is 5.95 Å². The van der Waals surface area contributed by atoms with Crippen molar-refractivity contribution in [1.82, 2.24) is 19.7 Å². The second-order valence-corrected chi connectivity index (χ2v) is 7.06. The molecule has 9 nitrogen and oxygen atoms in total. The van der Waals surface area contributed by atoms with Crippen molar-refractivity contribution in [3.05, 3.63) is 63.7 Å². The van der Waals surface area contributed by atoms with E-state index in [9.17, 15) is 18.0 Å². The van der Waals surface area contributed by atoms with E-state index in [1.165, 1.54) is 30.6 Å². The molecule has 0 saturated heterocycles. The van der Waals surface area contributed by atoms with Crippen LogP contribution in [-0.4, -0.2) is 44.8 Å². The van der Waals surface area contributed by atoms with Crippen molar-refractivity contribution in [3.63, 3.8) is 0 Å². The summed E-state index contributed by atoms with van der Waals surface area (Å²) >= 11 is 12.3. The lowest BCUT2D eigenvalue weighted by Crippen LogP contribution is -2.22.